The molecule has 0 fully saturated rings. The summed E-state index contributed by atoms with van der Waals surface area (Å²) in [6.45, 7) is 1.39. The number of aromatic nitrogens is 3. The van der Waals surface area contributed by atoms with Crippen LogP contribution in [0, 0.1) is 0 Å². The number of rotatable bonds is 6. The van der Waals surface area contributed by atoms with Gasteiger partial charge in [0.15, 0.2) is 0 Å². The van der Waals surface area contributed by atoms with Gasteiger partial charge in [0.05, 0.1) is 17.5 Å². The summed E-state index contributed by atoms with van der Waals surface area (Å²) in [6.07, 6.45) is 2.62. The molecule has 0 saturated carbocycles. The van der Waals surface area contributed by atoms with Crippen LogP contribution < -0.4 is 15.6 Å². The van der Waals surface area contributed by atoms with E-state index in [1.165, 1.54) is 0 Å². The highest BCUT2D eigenvalue weighted by Crippen LogP contribution is 2.16. The zero-order chi connectivity index (χ0) is 14.5. The predicted octanol–water partition coefficient (Wildman–Crippen LogP) is 2.13. The number of nitrogens with zero attached hydrogens (tertiary/aromatic N) is 1. The van der Waals surface area contributed by atoms with Gasteiger partial charge in [-0.2, -0.15) is 0 Å². The monoisotopic (exact) mass is 284 g/mol. The van der Waals surface area contributed by atoms with Gasteiger partial charge in [0.25, 0.3) is 5.56 Å². The number of pyridine rings is 1. The van der Waals surface area contributed by atoms with Crippen molar-refractivity contribution in [3.05, 3.63) is 52.9 Å². The number of aromatic amines is 2. The summed E-state index contributed by atoms with van der Waals surface area (Å²) in [5.41, 5.74) is 0.639. The van der Waals surface area contributed by atoms with E-state index < -0.39 is 0 Å². The largest absolute Gasteiger partial charge is 0.493 e. The number of anilines is 1. The van der Waals surface area contributed by atoms with E-state index in [1.54, 1.807) is 18.3 Å². The van der Waals surface area contributed by atoms with E-state index in [4.69, 9.17) is 4.74 Å². The fourth-order valence-corrected chi connectivity index (χ4v) is 2.05. The topological polar surface area (TPSA) is 82.8 Å². The van der Waals surface area contributed by atoms with E-state index in [9.17, 15) is 4.79 Å². The van der Waals surface area contributed by atoms with Gasteiger partial charge >= 0.3 is 0 Å². The van der Waals surface area contributed by atoms with Crippen LogP contribution in [-0.4, -0.2) is 28.3 Å². The fraction of sp³-hybridized carbons (Fsp3) is 0.200. The molecule has 0 aliphatic carbocycles. The molecule has 108 valence electrons. The van der Waals surface area contributed by atoms with Gasteiger partial charge in [0.2, 0.25) is 0 Å². The lowest BCUT2D eigenvalue weighted by Crippen LogP contribution is -2.08. The number of nitrogens with one attached hydrogen (secondary N) is 3. The van der Waals surface area contributed by atoms with Crippen LogP contribution in [0.1, 0.15) is 6.42 Å². The Morgan fingerprint density at radius 2 is 2.14 bits per heavy atom. The molecule has 3 N–H and O–H groups in total. The van der Waals surface area contributed by atoms with Crippen LogP contribution in [0.4, 0.5) is 5.82 Å². The van der Waals surface area contributed by atoms with Crippen molar-refractivity contribution in [2.45, 2.75) is 6.42 Å². The number of hydrogen-bond donors (Lipinski definition) is 3. The molecule has 6 heteroatoms. The molecule has 3 rings (SSSR count). The molecule has 0 spiro atoms. The first-order chi connectivity index (χ1) is 10.3. The predicted molar refractivity (Wildman–Crippen MR) is 81.8 cm³/mol. The third kappa shape index (κ3) is 3.22. The summed E-state index contributed by atoms with van der Waals surface area (Å²) in [5.74, 6) is 1.61. The van der Waals surface area contributed by atoms with Crippen molar-refractivity contribution in [3.63, 3.8) is 0 Å². The summed E-state index contributed by atoms with van der Waals surface area (Å²) in [5, 5.41) is 9.22. The Labute approximate surface area is 121 Å². The number of H-pyrrole nitrogens is 2. The van der Waals surface area contributed by atoms with Crippen LogP contribution in [0.3, 0.4) is 0 Å². The summed E-state index contributed by atoms with van der Waals surface area (Å²) < 4.78 is 5.66. The van der Waals surface area contributed by atoms with E-state index in [0.29, 0.717) is 12.0 Å². The Kier molecular flexibility index (Phi) is 3.86. The molecule has 1 aromatic carbocycles. The van der Waals surface area contributed by atoms with E-state index in [2.05, 4.69) is 20.5 Å². The van der Waals surface area contributed by atoms with Crippen molar-refractivity contribution in [1.29, 1.82) is 0 Å². The van der Waals surface area contributed by atoms with Crippen molar-refractivity contribution in [2.75, 3.05) is 18.5 Å². The minimum Gasteiger partial charge on any atom is -0.493 e. The highest BCUT2D eigenvalue weighted by molar-refractivity contribution is 5.79. The van der Waals surface area contributed by atoms with Crippen molar-refractivity contribution in [3.8, 4) is 5.75 Å². The van der Waals surface area contributed by atoms with Gasteiger partial charge in [-0.25, -0.2) is 4.98 Å². The molecule has 0 aliphatic heterocycles. The maximum atomic E-state index is 11.4. The molecule has 21 heavy (non-hydrogen) atoms. The number of fused-ring (bicyclic) bond motifs is 1. The summed E-state index contributed by atoms with van der Waals surface area (Å²) >= 11 is 0. The first kappa shape index (κ1) is 13.2. The highest BCUT2D eigenvalue weighted by Gasteiger charge is 2.02. The molecule has 0 radical (unpaired) electrons. The zero-order valence-electron chi connectivity index (χ0n) is 11.4. The van der Waals surface area contributed by atoms with E-state index in [0.717, 1.165) is 30.0 Å². The Hall–Kier alpha value is -2.76. The second kappa shape index (κ2) is 6.13. The molecule has 0 aliphatic rings. The van der Waals surface area contributed by atoms with Crippen molar-refractivity contribution in [1.82, 2.24) is 15.2 Å². The maximum Gasteiger partial charge on any atom is 0.271 e. The Balaban J connectivity index is 1.47. The lowest BCUT2D eigenvalue weighted by molar-refractivity contribution is 0.315. The lowest BCUT2D eigenvalue weighted by atomic mass is 10.2. The van der Waals surface area contributed by atoms with Crippen molar-refractivity contribution in [2.24, 2.45) is 0 Å². The SMILES string of the molecule is O=c1[nH][nH]c2cc(OCCCNc3ccccn3)ccc12. The lowest BCUT2D eigenvalue weighted by Gasteiger charge is -2.07. The Bertz CT molecular complexity index is 764. The van der Waals surface area contributed by atoms with Gasteiger partial charge in [-0.15, -0.1) is 0 Å². The molecule has 0 amide bonds. The average Bonchev–Trinajstić information content (AvgIpc) is 2.89. The van der Waals surface area contributed by atoms with E-state index in [-0.39, 0.29) is 5.56 Å². The molecule has 0 atom stereocenters. The van der Waals surface area contributed by atoms with Crippen molar-refractivity contribution < 1.29 is 4.74 Å². The summed E-state index contributed by atoms with van der Waals surface area (Å²) in [4.78, 5) is 15.6. The average molecular weight is 284 g/mol. The highest BCUT2D eigenvalue weighted by atomic mass is 16.5. The summed E-state index contributed by atoms with van der Waals surface area (Å²) in [7, 11) is 0. The quantitative estimate of drug-likeness (QED) is 0.606. The van der Waals surface area contributed by atoms with Gasteiger partial charge in [-0.05, 0) is 30.7 Å². The van der Waals surface area contributed by atoms with Crippen LogP contribution in [0.5, 0.6) is 5.75 Å². The molecule has 3 aromatic rings. The normalized spacial score (nSPS) is 10.7. The first-order valence-electron chi connectivity index (χ1n) is 6.81. The molecule has 2 heterocycles. The minimum absolute atomic E-state index is 0.115. The molecule has 0 bridgehead atoms. The minimum atomic E-state index is -0.115. The van der Waals surface area contributed by atoms with Crippen LogP contribution in [0.2, 0.25) is 0 Å². The second-order valence-corrected chi connectivity index (χ2v) is 4.63. The summed E-state index contributed by atoms with van der Waals surface area (Å²) in [6, 6.07) is 11.1. The number of ether oxygens (including phenoxy) is 1. The molecule has 0 saturated heterocycles. The molecule has 0 unspecified atom stereocenters. The third-order valence-electron chi connectivity index (χ3n) is 3.11. The smallest absolute Gasteiger partial charge is 0.271 e. The standard InChI is InChI=1S/C15H16N4O2/c20-15-12-6-5-11(10-13(12)18-19-15)21-9-3-8-17-14-4-1-2-7-16-14/h1-2,4-7,10H,3,8-9H2,(H,16,17)(H2,18,19,20). The van der Waals surface area contributed by atoms with E-state index in [1.807, 2.05) is 24.3 Å². The van der Waals surface area contributed by atoms with Gasteiger partial charge in [0, 0.05) is 18.8 Å². The van der Waals surface area contributed by atoms with Crippen LogP contribution in [0.15, 0.2) is 47.4 Å². The van der Waals surface area contributed by atoms with Gasteiger partial charge in [-0.1, -0.05) is 6.07 Å². The van der Waals surface area contributed by atoms with E-state index >= 15 is 0 Å². The van der Waals surface area contributed by atoms with Gasteiger partial charge < -0.3 is 10.1 Å². The number of hydrogen-bond acceptors (Lipinski definition) is 4. The molecular formula is C15H16N4O2. The maximum absolute atomic E-state index is 11.4. The first-order valence-corrected chi connectivity index (χ1v) is 6.81. The van der Waals surface area contributed by atoms with Crippen LogP contribution in [-0.2, 0) is 0 Å². The number of benzene rings is 1. The third-order valence-corrected chi connectivity index (χ3v) is 3.11. The Morgan fingerprint density at radius 1 is 1.19 bits per heavy atom. The Morgan fingerprint density at radius 3 is 3.00 bits per heavy atom. The zero-order valence-corrected chi connectivity index (χ0v) is 11.4. The van der Waals surface area contributed by atoms with Crippen LogP contribution in [0.25, 0.3) is 10.9 Å². The molecular weight excluding hydrogens is 268 g/mol. The molecule has 6 nitrogen and oxygen atoms in total. The van der Waals surface area contributed by atoms with Gasteiger partial charge in [-0.3, -0.25) is 15.0 Å². The van der Waals surface area contributed by atoms with Gasteiger partial charge in [0.1, 0.15) is 11.6 Å². The second-order valence-electron chi connectivity index (χ2n) is 4.63. The fourth-order valence-electron chi connectivity index (χ4n) is 2.05. The van der Waals surface area contributed by atoms with Crippen molar-refractivity contribution >= 4 is 16.7 Å². The van der Waals surface area contributed by atoms with Crippen LogP contribution >= 0.6 is 0 Å². The molecule has 2 aromatic heterocycles.